The lowest BCUT2D eigenvalue weighted by atomic mass is 10.0. The van der Waals surface area contributed by atoms with Gasteiger partial charge in [-0.1, -0.05) is 19.9 Å². The van der Waals surface area contributed by atoms with Gasteiger partial charge in [-0.15, -0.1) is 0 Å². The van der Waals surface area contributed by atoms with Crippen molar-refractivity contribution in [2.24, 2.45) is 5.92 Å². The van der Waals surface area contributed by atoms with Crippen molar-refractivity contribution in [3.05, 3.63) is 71.5 Å². The highest BCUT2D eigenvalue weighted by molar-refractivity contribution is 5.98. The third-order valence-corrected chi connectivity index (χ3v) is 9.01. The average molecular weight is 759 g/mol. The number of pyridine rings is 1. The van der Waals surface area contributed by atoms with E-state index in [4.69, 9.17) is 14.2 Å². The SMILES string of the molecule is COc1ccc2cc1Oc1cccc(OC)c1CNC(=O)[C@@H](C(C)C)NC(=O)[C@H]([C@@H](C)O)NC(=O)CN(C(=O)c1ccc3cn[nH]c3n1)CCCCNC2=O. The van der Waals surface area contributed by atoms with E-state index >= 15 is 0 Å². The number of carbonyl (C=O) groups excluding carboxylic acids is 5. The van der Waals surface area contributed by atoms with E-state index in [1.165, 1.54) is 38.2 Å². The van der Waals surface area contributed by atoms with Crippen molar-refractivity contribution in [2.75, 3.05) is 33.9 Å². The molecule has 17 nitrogen and oxygen atoms in total. The topological polar surface area (TPSA) is 226 Å². The van der Waals surface area contributed by atoms with E-state index in [-0.39, 0.29) is 37.0 Å². The first-order valence-corrected chi connectivity index (χ1v) is 17.8. The molecule has 0 spiro atoms. The number of aliphatic hydroxyl groups is 1. The molecule has 0 fully saturated rings. The predicted octanol–water partition coefficient (Wildman–Crippen LogP) is 2.06. The largest absolute Gasteiger partial charge is 0.496 e. The summed E-state index contributed by atoms with van der Waals surface area (Å²) in [5.41, 5.74) is 1.21. The molecule has 6 N–H and O–H groups in total. The summed E-state index contributed by atoms with van der Waals surface area (Å²) < 4.78 is 17.4. The zero-order valence-corrected chi connectivity index (χ0v) is 31.3. The molecule has 1 aliphatic rings. The molecule has 2 aromatic heterocycles. The molecule has 2 bridgehead atoms. The summed E-state index contributed by atoms with van der Waals surface area (Å²) in [6, 6.07) is 10.5. The van der Waals surface area contributed by atoms with Crippen LogP contribution in [0, 0.1) is 5.92 Å². The molecule has 0 aliphatic carbocycles. The number of ether oxygens (including phenoxy) is 3. The van der Waals surface area contributed by atoms with Crippen molar-refractivity contribution in [3.8, 4) is 23.0 Å². The predicted molar refractivity (Wildman–Crippen MR) is 200 cm³/mol. The highest BCUT2D eigenvalue weighted by Gasteiger charge is 2.32. The molecule has 3 atom stereocenters. The van der Waals surface area contributed by atoms with E-state index in [2.05, 4.69) is 36.4 Å². The molecule has 3 heterocycles. The lowest BCUT2D eigenvalue weighted by Gasteiger charge is -2.28. The lowest BCUT2D eigenvalue weighted by Crippen LogP contribution is -2.59. The van der Waals surface area contributed by atoms with Crippen LogP contribution in [0.25, 0.3) is 11.0 Å². The molecule has 292 valence electrons. The van der Waals surface area contributed by atoms with Gasteiger partial charge in [0, 0.05) is 24.0 Å². The van der Waals surface area contributed by atoms with Crippen LogP contribution < -0.4 is 35.5 Å². The van der Waals surface area contributed by atoms with Crippen molar-refractivity contribution in [1.82, 2.24) is 41.3 Å². The number of amides is 5. The van der Waals surface area contributed by atoms with Crippen LogP contribution in [0.2, 0.25) is 0 Å². The van der Waals surface area contributed by atoms with Crippen molar-refractivity contribution < 1.29 is 43.3 Å². The third kappa shape index (κ3) is 9.85. The van der Waals surface area contributed by atoms with E-state index in [1.807, 2.05) is 0 Å². The smallest absolute Gasteiger partial charge is 0.273 e. The van der Waals surface area contributed by atoms with E-state index in [1.54, 1.807) is 56.4 Å². The minimum absolute atomic E-state index is 0.0584. The number of rotatable bonds is 5. The summed E-state index contributed by atoms with van der Waals surface area (Å²) in [6.45, 7) is 4.58. The highest BCUT2D eigenvalue weighted by Crippen LogP contribution is 2.37. The average Bonchev–Trinajstić information content (AvgIpc) is 3.65. The summed E-state index contributed by atoms with van der Waals surface area (Å²) >= 11 is 0. The number of fused-ring (bicyclic) bond motifs is 4. The van der Waals surface area contributed by atoms with Crippen LogP contribution in [0.5, 0.6) is 23.0 Å². The zero-order valence-electron chi connectivity index (χ0n) is 31.3. The molecule has 0 saturated carbocycles. The number of methoxy groups -OCH3 is 2. The van der Waals surface area contributed by atoms with Gasteiger partial charge in [-0.3, -0.25) is 29.1 Å². The highest BCUT2D eigenvalue weighted by atomic mass is 16.5. The first-order chi connectivity index (χ1) is 26.4. The Morgan fingerprint density at radius 1 is 0.909 bits per heavy atom. The van der Waals surface area contributed by atoms with Crippen LogP contribution in [0.3, 0.4) is 0 Å². The van der Waals surface area contributed by atoms with Crippen LogP contribution in [0.1, 0.15) is 60.0 Å². The van der Waals surface area contributed by atoms with E-state index in [0.717, 1.165) is 0 Å². The number of benzene rings is 2. The second kappa shape index (κ2) is 18.2. The van der Waals surface area contributed by atoms with Crippen LogP contribution in [0.15, 0.2) is 54.7 Å². The molecule has 0 unspecified atom stereocenters. The number of aliphatic hydroxyl groups excluding tert-OH is 1. The van der Waals surface area contributed by atoms with Crippen LogP contribution >= 0.6 is 0 Å². The van der Waals surface area contributed by atoms with Gasteiger partial charge >= 0.3 is 0 Å². The van der Waals surface area contributed by atoms with Gasteiger partial charge in [-0.05, 0) is 68.1 Å². The lowest BCUT2D eigenvalue weighted by molar-refractivity contribution is -0.135. The first-order valence-electron chi connectivity index (χ1n) is 17.8. The van der Waals surface area contributed by atoms with Crippen molar-refractivity contribution >= 4 is 40.6 Å². The Kier molecular flexibility index (Phi) is 13.2. The summed E-state index contributed by atoms with van der Waals surface area (Å²) in [7, 11) is 2.94. The molecule has 0 radical (unpaired) electrons. The molecular weight excluding hydrogens is 712 g/mol. The van der Waals surface area contributed by atoms with Gasteiger partial charge in [0.1, 0.15) is 29.3 Å². The number of carbonyl (C=O) groups is 5. The normalized spacial score (nSPS) is 18.6. The summed E-state index contributed by atoms with van der Waals surface area (Å²) in [5, 5.41) is 28.9. The Labute approximate surface area is 317 Å². The maximum atomic E-state index is 13.7. The Balaban J connectivity index is 1.46. The molecule has 55 heavy (non-hydrogen) atoms. The number of aromatic amines is 1. The van der Waals surface area contributed by atoms with Gasteiger partial charge in [0.2, 0.25) is 17.7 Å². The molecule has 5 rings (SSSR count). The van der Waals surface area contributed by atoms with Gasteiger partial charge in [0.05, 0.1) is 45.2 Å². The van der Waals surface area contributed by atoms with Gasteiger partial charge in [0.15, 0.2) is 17.1 Å². The fourth-order valence-electron chi connectivity index (χ4n) is 5.98. The maximum absolute atomic E-state index is 13.7. The van der Waals surface area contributed by atoms with E-state index < -0.39 is 54.3 Å². The fraction of sp³-hybridized carbons (Fsp3) is 0.395. The minimum atomic E-state index is -1.46. The molecule has 2 aromatic carbocycles. The van der Waals surface area contributed by atoms with Crippen LogP contribution in [0.4, 0.5) is 0 Å². The van der Waals surface area contributed by atoms with Crippen molar-refractivity contribution in [2.45, 2.75) is 58.3 Å². The summed E-state index contributed by atoms with van der Waals surface area (Å²) in [4.78, 5) is 73.3. The Hall–Kier alpha value is -6.23. The monoisotopic (exact) mass is 758 g/mol. The Morgan fingerprint density at radius 3 is 2.42 bits per heavy atom. The Bertz CT molecular complexity index is 2030. The van der Waals surface area contributed by atoms with E-state index in [0.29, 0.717) is 52.3 Å². The summed E-state index contributed by atoms with van der Waals surface area (Å²) in [6.07, 6.45) is 1.02. The third-order valence-electron chi connectivity index (χ3n) is 9.01. The quantitative estimate of drug-likeness (QED) is 0.173. The van der Waals surface area contributed by atoms with Crippen LogP contribution in [-0.4, -0.2) is 107 Å². The molecule has 17 heteroatoms. The standard InChI is InChI=1S/C38H46N8O9/c1-21(2)32-36(50)40-19-25-27(53-4)9-8-10-28(25)55-30-17-23(12-14-29(30)54-5)35(49)39-15-6-7-16-46(20-31(48)43-33(22(3)47)37(51)44-32)38(52)26-13-11-24-18-41-45-34(24)42-26/h8-14,17-18,21-22,32-33,47H,6-7,15-16,19-20H2,1-5H3,(H,39,49)(H,40,50)(H,43,48)(H,44,51)(H,41,42,45)/t22-,32-,33+/m1/s1. The van der Waals surface area contributed by atoms with Gasteiger partial charge in [-0.2, -0.15) is 5.10 Å². The second-order valence-electron chi connectivity index (χ2n) is 13.3. The van der Waals surface area contributed by atoms with Crippen molar-refractivity contribution in [1.29, 1.82) is 0 Å². The molecule has 0 saturated heterocycles. The van der Waals surface area contributed by atoms with Gasteiger partial charge < -0.3 is 45.5 Å². The van der Waals surface area contributed by atoms with E-state index in [9.17, 15) is 29.1 Å². The molecule has 1 aliphatic heterocycles. The van der Waals surface area contributed by atoms with Crippen molar-refractivity contribution in [3.63, 3.8) is 0 Å². The molecular formula is C38H46N8O9. The number of hydrogen-bond acceptors (Lipinski definition) is 11. The number of nitrogens with zero attached hydrogens (tertiary/aromatic N) is 3. The summed E-state index contributed by atoms with van der Waals surface area (Å²) in [5.74, 6) is -2.13. The number of aromatic nitrogens is 3. The number of H-pyrrole nitrogens is 1. The van der Waals surface area contributed by atoms with Gasteiger partial charge in [0.25, 0.3) is 11.8 Å². The minimum Gasteiger partial charge on any atom is -0.496 e. The molecule has 5 amide bonds. The maximum Gasteiger partial charge on any atom is 0.273 e. The second-order valence-corrected chi connectivity index (χ2v) is 13.3. The number of nitrogens with one attached hydrogen (secondary N) is 5. The zero-order chi connectivity index (χ0) is 39.6. The fourth-order valence-corrected chi connectivity index (χ4v) is 5.98. The molecule has 4 aromatic rings. The first kappa shape index (κ1) is 40.0. The van der Waals surface area contributed by atoms with Gasteiger partial charge in [-0.25, -0.2) is 4.98 Å². The van der Waals surface area contributed by atoms with Crippen LogP contribution in [-0.2, 0) is 20.9 Å². The number of hydrogen-bond donors (Lipinski definition) is 6. The Morgan fingerprint density at radius 2 is 1.69 bits per heavy atom.